The maximum Gasteiger partial charge on any atom is 0.468 e. The lowest BCUT2D eigenvalue weighted by atomic mass is 10.1. The minimum absolute atomic E-state index is 0.123. The topological polar surface area (TPSA) is 38.7 Å². The highest BCUT2D eigenvalue weighted by Crippen LogP contribution is 2.33. The van der Waals surface area contributed by atoms with Gasteiger partial charge in [0.15, 0.2) is 6.04 Å². The van der Waals surface area contributed by atoms with E-state index in [1.54, 1.807) is 0 Å². The molecule has 0 saturated heterocycles. The first-order valence-electron chi connectivity index (χ1n) is 4.60. The van der Waals surface area contributed by atoms with E-state index in [4.69, 9.17) is 23.2 Å². The van der Waals surface area contributed by atoms with Gasteiger partial charge in [0.25, 0.3) is 0 Å². The Labute approximate surface area is 109 Å². The van der Waals surface area contributed by atoms with E-state index < -0.39 is 24.1 Å². The number of aliphatic imine (C=N–C) groups is 1. The molecule has 0 fully saturated rings. The minimum atomic E-state index is -4.79. The Kier molecular flexibility index (Phi) is 3.25. The zero-order valence-electron chi connectivity index (χ0n) is 8.46. The highest BCUT2D eigenvalue weighted by molar-refractivity contribution is 6.42. The van der Waals surface area contributed by atoms with E-state index in [1.807, 2.05) is 0 Å². The maximum atomic E-state index is 12.3. The first-order chi connectivity index (χ1) is 8.29. The van der Waals surface area contributed by atoms with Crippen molar-refractivity contribution in [2.24, 2.45) is 4.99 Å². The number of cyclic esters (lactones) is 1. The van der Waals surface area contributed by atoms with Crippen molar-refractivity contribution in [1.29, 1.82) is 0 Å². The van der Waals surface area contributed by atoms with Crippen molar-refractivity contribution < 1.29 is 22.7 Å². The summed E-state index contributed by atoms with van der Waals surface area (Å²) in [7, 11) is 0. The fourth-order valence-corrected chi connectivity index (χ4v) is 1.68. The highest BCUT2D eigenvalue weighted by atomic mass is 35.5. The Morgan fingerprint density at radius 1 is 1.22 bits per heavy atom. The fourth-order valence-electron chi connectivity index (χ4n) is 1.37. The largest absolute Gasteiger partial charge is 0.468 e. The third kappa shape index (κ3) is 2.44. The third-order valence-electron chi connectivity index (χ3n) is 2.17. The molecule has 1 aliphatic heterocycles. The molecule has 3 nitrogen and oxygen atoms in total. The van der Waals surface area contributed by atoms with Crippen LogP contribution in [-0.2, 0) is 9.53 Å². The summed E-state index contributed by atoms with van der Waals surface area (Å²) in [6, 6.07) is 2.64. The Morgan fingerprint density at radius 3 is 2.39 bits per heavy atom. The number of carbonyl (C=O) groups excluding carboxylic acids is 1. The second kappa shape index (κ2) is 4.44. The monoisotopic (exact) mass is 297 g/mol. The second-order valence-electron chi connectivity index (χ2n) is 3.43. The molecule has 1 aliphatic rings. The molecule has 8 heteroatoms. The Balaban J connectivity index is 2.36. The summed E-state index contributed by atoms with van der Waals surface area (Å²) >= 11 is 11.4. The molecule has 0 amide bonds. The summed E-state index contributed by atoms with van der Waals surface area (Å²) in [5, 5.41) is 0.351. The molecule has 1 atom stereocenters. The summed E-state index contributed by atoms with van der Waals surface area (Å²) in [4.78, 5) is 14.5. The first kappa shape index (κ1) is 13.2. The molecular formula is C10H4Cl2F3NO2. The summed E-state index contributed by atoms with van der Waals surface area (Å²) in [5.41, 5.74) is 0.189. The number of halogens is 5. The smallest absolute Gasteiger partial charge is 0.401 e. The lowest BCUT2D eigenvalue weighted by Gasteiger charge is -2.04. The molecule has 1 aromatic rings. The number of carbonyl (C=O) groups is 1. The average molecular weight is 298 g/mol. The van der Waals surface area contributed by atoms with E-state index in [2.05, 4.69) is 9.73 Å². The molecule has 1 aromatic carbocycles. The molecular weight excluding hydrogens is 294 g/mol. The molecule has 0 spiro atoms. The van der Waals surface area contributed by atoms with Gasteiger partial charge in [-0.3, -0.25) is 0 Å². The SMILES string of the molecule is O=C1OC(C(F)(F)F)=NC1c1ccc(Cl)c(Cl)c1. The summed E-state index contributed by atoms with van der Waals surface area (Å²) in [6.45, 7) is 0. The number of nitrogens with zero attached hydrogens (tertiary/aromatic N) is 1. The van der Waals surface area contributed by atoms with E-state index in [9.17, 15) is 18.0 Å². The van der Waals surface area contributed by atoms with E-state index in [0.717, 1.165) is 0 Å². The van der Waals surface area contributed by atoms with Crippen molar-refractivity contribution in [1.82, 2.24) is 0 Å². The van der Waals surface area contributed by atoms with Crippen molar-refractivity contribution >= 4 is 35.1 Å². The fraction of sp³-hybridized carbons (Fsp3) is 0.200. The molecule has 1 unspecified atom stereocenters. The number of benzene rings is 1. The average Bonchev–Trinajstić information content (AvgIpc) is 2.64. The summed E-state index contributed by atoms with van der Waals surface area (Å²) in [5.74, 6) is -2.65. The van der Waals surface area contributed by atoms with Crippen LogP contribution in [0.2, 0.25) is 10.0 Å². The lowest BCUT2D eigenvalue weighted by Crippen LogP contribution is -2.23. The van der Waals surface area contributed by atoms with Crippen LogP contribution in [0.4, 0.5) is 13.2 Å². The van der Waals surface area contributed by atoms with Gasteiger partial charge < -0.3 is 4.74 Å². The molecule has 0 bridgehead atoms. The lowest BCUT2D eigenvalue weighted by molar-refractivity contribution is -0.139. The Hall–Kier alpha value is -1.27. The molecule has 2 rings (SSSR count). The molecule has 18 heavy (non-hydrogen) atoms. The van der Waals surface area contributed by atoms with Crippen molar-refractivity contribution in [3.05, 3.63) is 33.8 Å². The second-order valence-corrected chi connectivity index (χ2v) is 4.24. The molecule has 0 N–H and O–H groups in total. The van der Waals surface area contributed by atoms with E-state index in [0.29, 0.717) is 0 Å². The van der Waals surface area contributed by atoms with Gasteiger partial charge in [0.05, 0.1) is 10.0 Å². The number of alkyl halides is 3. The summed E-state index contributed by atoms with van der Waals surface area (Å²) in [6.07, 6.45) is -4.79. The van der Waals surface area contributed by atoms with Gasteiger partial charge in [-0.15, -0.1) is 0 Å². The summed E-state index contributed by atoms with van der Waals surface area (Å²) < 4.78 is 41.0. The van der Waals surface area contributed by atoms with Crippen LogP contribution in [-0.4, -0.2) is 18.0 Å². The first-order valence-corrected chi connectivity index (χ1v) is 5.36. The van der Waals surface area contributed by atoms with Gasteiger partial charge in [0, 0.05) is 0 Å². The number of ether oxygens (including phenoxy) is 1. The van der Waals surface area contributed by atoms with Crippen molar-refractivity contribution in [2.45, 2.75) is 12.2 Å². The van der Waals surface area contributed by atoms with Crippen molar-refractivity contribution in [2.75, 3.05) is 0 Å². The van der Waals surface area contributed by atoms with Crippen LogP contribution in [0.3, 0.4) is 0 Å². The van der Waals surface area contributed by atoms with Crippen LogP contribution in [0.15, 0.2) is 23.2 Å². The quantitative estimate of drug-likeness (QED) is 0.744. The molecule has 0 aromatic heterocycles. The predicted molar refractivity (Wildman–Crippen MR) is 58.8 cm³/mol. The standard InChI is InChI=1S/C10H4Cl2F3NO2/c11-5-2-1-4(3-6(5)12)7-8(17)18-9(16-7)10(13,14)15/h1-3,7H. The molecule has 0 aliphatic carbocycles. The molecule has 96 valence electrons. The van der Waals surface area contributed by atoms with Crippen molar-refractivity contribution in [3.8, 4) is 0 Å². The maximum absolute atomic E-state index is 12.3. The molecule has 1 heterocycles. The molecule has 0 radical (unpaired) electrons. The van der Waals surface area contributed by atoms with Crippen LogP contribution in [0, 0.1) is 0 Å². The van der Waals surface area contributed by atoms with E-state index >= 15 is 0 Å². The number of esters is 1. The number of rotatable bonds is 1. The highest BCUT2D eigenvalue weighted by Gasteiger charge is 2.46. The van der Waals surface area contributed by atoms with Gasteiger partial charge in [0.1, 0.15) is 0 Å². The van der Waals surface area contributed by atoms with E-state index in [-0.39, 0.29) is 15.6 Å². The zero-order valence-corrected chi connectivity index (χ0v) is 9.97. The van der Waals surface area contributed by atoms with Crippen LogP contribution < -0.4 is 0 Å². The third-order valence-corrected chi connectivity index (χ3v) is 2.91. The van der Waals surface area contributed by atoms with Gasteiger partial charge >= 0.3 is 18.0 Å². The normalized spacial score (nSPS) is 19.7. The van der Waals surface area contributed by atoms with Gasteiger partial charge in [-0.1, -0.05) is 29.3 Å². The van der Waals surface area contributed by atoms with E-state index in [1.165, 1.54) is 18.2 Å². The number of hydrogen-bond acceptors (Lipinski definition) is 3. The van der Waals surface area contributed by atoms with Gasteiger partial charge in [0.2, 0.25) is 0 Å². The van der Waals surface area contributed by atoms with Gasteiger partial charge in [-0.2, -0.15) is 13.2 Å². The minimum Gasteiger partial charge on any atom is -0.401 e. The zero-order chi connectivity index (χ0) is 13.5. The van der Waals surface area contributed by atoms with Gasteiger partial charge in [-0.05, 0) is 17.7 Å². The van der Waals surface area contributed by atoms with Crippen molar-refractivity contribution in [3.63, 3.8) is 0 Å². The van der Waals surface area contributed by atoms with Crippen LogP contribution in [0.25, 0.3) is 0 Å². The Morgan fingerprint density at radius 2 is 1.89 bits per heavy atom. The molecule has 0 saturated carbocycles. The Bertz CT molecular complexity index is 542. The van der Waals surface area contributed by atoms with Gasteiger partial charge in [-0.25, -0.2) is 9.79 Å². The van der Waals surface area contributed by atoms with Crippen LogP contribution in [0.1, 0.15) is 11.6 Å². The van der Waals surface area contributed by atoms with Crippen LogP contribution >= 0.6 is 23.2 Å². The van der Waals surface area contributed by atoms with Crippen LogP contribution in [0.5, 0.6) is 0 Å². The predicted octanol–water partition coefficient (Wildman–Crippen LogP) is 3.55. The number of hydrogen-bond donors (Lipinski definition) is 0.